The molecular weight excluding hydrogens is 278 g/mol. The van der Waals surface area contributed by atoms with Crippen molar-refractivity contribution in [2.75, 3.05) is 24.0 Å². The maximum Gasteiger partial charge on any atom is 0.256 e. The van der Waals surface area contributed by atoms with E-state index in [1.807, 2.05) is 13.0 Å². The Bertz CT molecular complexity index is 628. The minimum absolute atomic E-state index is 0.0342. The molecule has 1 heterocycles. The van der Waals surface area contributed by atoms with Crippen LogP contribution in [0.15, 0.2) is 18.2 Å². The van der Waals surface area contributed by atoms with Crippen LogP contribution in [0.3, 0.4) is 0 Å². The summed E-state index contributed by atoms with van der Waals surface area (Å²) in [5.74, 6) is 5.39. The summed E-state index contributed by atoms with van der Waals surface area (Å²) in [5.41, 5.74) is 4.49. The second-order valence-electron chi connectivity index (χ2n) is 5.17. The van der Waals surface area contributed by atoms with Gasteiger partial charge >= 0.3 is 0 Å². The third-order valence-corrected chi connectivity index (χ3v) is 5.39. The van der Waals surface area contributed by atoms with Crippen LogP contribution >= 0.6 is 0 Å². The maximum absolute atomic E-state index is 12.5. The van der Waals surface area contributed by atoms with Crippen molar-refractivity contribution < 1.29 is 13.2 Å². The Balaban J connectivity index is 2.23. The zero-order valence-electron chi connectivity index (χ0n) is 11.6. The number of hydrazine groups is 1. The third kappa shape index (κ3) is 2.94. The Labute approximate surface area is 118 Å². The van der Waals surface area contributed by atoms with Gasteiger partial charge in [0.2, 0.25) is 0 Å². The van der Waals surface area contributed by atoms with Gasteiger partial charge in [-0.1, -0.05) is 6.07 Å². The Kier molecular flexibility index (Phi) is 4.01. The number of hydrogen-bond acceptors (Lipinski definition) is 5. The number of carbonyl (C=O) groups is 1. The number of sulfone groups is 1. The predicted molar refractivity (Wildman–Crippen MR) is 78.1 cm³/mol. The minimum Gasteiger partial charge on any atom is -0.338 e. The van der Waals surface area contributed by atoms with Crippen LogP contribution in [0.4, 0.5) is 5.69 Å². The highest BCUT2D eigenvalue weighted by Gasteiger charge is 2.33. The number of benzene rings is 1. The SMILES string of the molecule is Cc1ccc(C(=O)N(C)C2CCS(=O)(=O)C2)c(NN)c1. The number of rotatable bonds is 3. The number of amides is 1. The van der Waals surface area contributed by atoms with E-state index in [-0.39, 0.29) is 23.5 Å². The third-order valence-electron chi connectivity index (χ3n) is 3.64. The van der Waals surface area contributed by atoms with E-state index in [1.165, 1.54) is 4.90 Å². The minimum atomic E-state index is -3.01. The molecule has 1 aromatic carbocycles. The van der Waals surface area contributed by atoms with Crippen LogP contribution in [-0.2, 0) is 9.84 Å². The van der Waals surface area contributed by atoms with Crippen LogP contribution in [0.1, 0.15) is 22.3 Å². The zero-order valence-corrected chi connectivity index (χ0v) is 12.4. The van der Waals surface area contributed by atoms with E-state index in [9.17, 15) is 13.2 Å². The van der Waals surface area contributed by atoms with Gasteiger partial charge < -0.3 is 10.3 Å². The van der Waals surface area contributed by atoms with E-state index in [0.717, 1.165) is 5.56 Å². The van der Waals surface area contributed by atoms with Crippen molar-refractivity contribution in [3.05, 3.63) is 29.3 Å². The Morgan fingerprint density at radius 3 is 2.70 bits per heavy atom. The molecule has 0 bridgehead atoms. The number of nitrogens with one attached hydrogen (secondary N) is 1. The molecule has 1 fully saturated rings. The van der Waals surface area contributed by atoms with E-state index < -0.39 is 9.84 Å². The summed E-state index contributed by atoms with van der Waals surface area (Å²) in [6.07, 6.45) is 0.488. The van der Waals surface area contributed by atoms with Gasteiger partial charge in [-0.3, -0.25) is 10.6 Å². The highest BCUT2D eigenvalue weighted by molar-refractivity contribution is 7.91. The van der Waals surface area contributed by atoms with Crippen molar-refractivity contribution in [1.29, 1.82) is 0 Å². The highest BCUT2D eigenvalue weighted by Crippen LogP contribution is 2.22. The molecular formula is C13H19N3O3S. The fourth-order valence-corrected chi connectivity index (χ4v) is 4.18. The number of nitrogens with zero attached hydrogens (tertiary/aromatic N) is 1. The van der Waals surface area contributed by atoms with Gasteiger partial charge in [-0.15, -0.1) is 0 Å². The molecule has 110 valence electrons. The molecule has 0 radical (unpaired) electrons. The van der Waals surface area contributed by atoms with Crippen LogP contribution in [0.25, 0.3) is 0 Å². The van der Waals surface area contributed by atoms with E-state index in [4.69, 9.17) is 5.84 Å². The first-order chi connectivity index (χ1) is 9.34. The molecule has 1 aromatic rings. The molecule has 1 saturated heterocycles. The molecule has 2 rings (SSSR count). The number of carbonyl (C=O) groups excluding carboxylic acids is 1. The van der Waals surface area contributed by atoms with Crippen LogP contribution < -0.4 is 11.3 Å². The lowest BCUT2D eigenvalue weighted by molar-refractivity contribution is 0.0748. The van der Waals surface area contributed by atoms with Crippen LogP contribution in [0, 0.1) is 6.92 Å². The first-order valence-electron chi connectivity index (χ1n) is 6.39. The van der Waals surface area contributed by atoms with Gasteiger partial charge in [0.25, 0.3) is 5.91 Å². The summed E-state index contributed by atoms with van der Waals surface area (Å²) in [4.78, 5) is 14.0. The molecule has 20 heavy (non-hydrogen) atoms. The van der Waals surface area contributed by atoms with Gasteiger partial charge in [0.15, 0.2) is 9.84 Å². The topological polar surface area (TPSA) is 92.5 Å². The molecule has 6 nitrogen and oxygen atoms in total. The fourth-order valence-electron chi connectivity index (χ4n) is 2.40. The number of nitrogen functional groups attached to an aromatic ring is 1. The summed E-state index contributed by atoms with van der Waals surface area (Å²) < 4.78 is 23.0. The standard InChI is InChI=1S/C13H19N3O3S/c1-9-3-4-11(12(7-9)15-14)13(17)16(2)10-5-6-20(18,19)8-10/h3-4,7,10,15H,5-6,8,14H2,1-2H3. The number of anilines is 1. The second-order valence-corrected chi connectivity index (χ2v) is 7.40. The van der Waals surface area contributed by atoms with Gasteiger partial charge in [-0.25, -0.2) is 8.42 Å². The molecule has 0 saturated carbocycles. The second kappa shape index (κ2) is 5.41. The quantitative estimate of drug-likeness (QED) is 0.627. The summed E-state index contributed by atoms with van der Waals surface area (Å²) in [7, 11) is -1.38. The fraction of sp³-hybridized carbons (Fsp3) is 0.462. The molecule has 1 unspecified atom stereocenters. The molecule has 0 aromatic heterocycles. The Hall–Kier alpha value is -1.60. The van der Waals surface area contributed by atoms with E-state index >= 15 is 0 Å². The predicted octanol–water partition coefficient (Wildman–Crippen LogP) is 0.540. The molecule has 1 amide bonds. The maximum atomic E-state index is 12.5. The first kappa shape index (κ1) is 14.8. The molecule has 1 aliphatic rings. The summed E-state index contributed by atoms with van der Waals surface area (Å²) in [6, 6.07) is 5.05. The average Bonchev–Trinajstić information content (AvgIpc) is 2.77. The lowest BCUT2D eigenvalue weighted by atomic mass is 10.1. The number of hydrogen-bond donors (Lipinski definition) is 2. The largest absolute Gasteiger partial charge is 0.338 e. The van der Waals surface area contributed by atoms with Crippen molar-refractivity contribution >= 4 is 21.4 Å². The Morgan fingerprint density at radius 1 is 1.45 bits per heavy atom. The van der Waals surface area contributed by atoms with E-state index in [1.54, 1.807) is 19.2 Å². The van der Waals surface area contributed by atoms with Gasteiger partial charge in [0, 0.05) is 13.1 Å². The van der Waals surface area contributed by atoms with Crippen molar-refractivity contribution in [3.8, 4) is 0 Å². The molecule has 1 atom stereocenters. The van der Waals surface area contributed by atoms with Crippen molar-refractivity contribution in [1.82, 2.24) is 4.90 Å². The summed E-state index contributed by atoms with van der Waals surface area (Å²) in [5, 5.41) is 0. The van der Waals surface area contributed by atoms with Crippen LogP contribution in [0.5, 0.6) is 0 Å². The zero-order chi connectivity index (χ0) is 14.9. The molecule has 7 heteroatoms. The van der Waals surface area contributed by atoms with Crippen molar-refractivity contribution in [3.63, 3.8) is 0 Å². The van der Waals surface area contributed by atoms with E-state index in [2.05, 4.69) is 5.43 Å². The Morgan fingerprint density at radius 2 is 2.15 bits per heavy atom. The summed E-state index contributed by atoms with van der Waals surface area (Å²) >= 11 is 0. The molecule has 0 aliphatic carbocycles. The number of nitrogens with two attached hydrogens (primary N) is 1. The lowest BCUT2D eigenvalue weighted by Crippen LogP contribution is -2.38. The monoisotopic (exact) mass is 297 g/mol. The molecule has 1 aliphatic heterocycles. The average molecular weight is 297 g/mol. The molecule has 0 spiro atoms. The van der Waals surface area contributed by atoms with Gasteiger partial charge in [-0.05, 0) is 31.0 Å². The first-order valence-corrected chi connectivity index (χ1v) is 8.21. The van der Waals surface area contributed by atoms with Crippen molar-refractivity contribution in [2.24, 2.45) is 5.84 Å². The summed E-state index contributed by atoms with van der Waals surface area (Å²) in [6.45, 7) is 1.91. The normalized spacial score (nSPS) is 20.6. The number of aryl methyl sites for hydroxylation is 1. The van der Waals surface area contributed by atoms with Gasteiger partial charge in [-0.2, -0.15) is 0 Å². The highest BCUT2D eigenvalue weighted by atomic mass is 32.2. The van der Waals surface area contributed by atoms with Crippen molar-refractivity contribution in [2.45, 2.75) is 19.4 Å². The molecule has 3 N–H and O–H groups in total. The van der Waals surface area contributed by atoms with E-state index in [0.29, 0.717) is 17.7 Å². The smallest absolute Gasteiger partial charge is 0.256 e. The van der Waals surface area contributed by atoms with Gasteiger partial charge in [0.1, 0.15) is 0 Å². The van der Waals surface area contributed by atoms with Crippen LogP contribution in [0.2, 0.25) is 0 Å². The lowest BCUT2D eigenvalue weighted by Gasteiger charge is -2.24. The van der Waals surface area contributed by atoms with Crippen LogP contribution in [-0.4, -0.2) is 43.8 Å². The van der Waals surface area contributed by atoms with Gasteiger partial charge in [0.05, 0.1) is 22.8 Å².